The lowest BCUT2D eigenvalue weighted by Gasteiger charge is -2.15. The molecule has 0 unspecified atom stereocenters. The monoisotopic (exact) mass is 251 g/mol. The zero-order chi connectivity index (χ0) is 12.3. The number of furan rings is 1. The standard InChI is InChI=1S/C12H13NO3S/c1-13(10-11-6-5-9-16-11)17(14,15)12-7-3-2-4-8-12/h2-9H,10H2,1H3. The minimum Gasteiger partial charge on any atom is -0.468 e. The van der Waals surface area contributed by atoms with Crippen molar-refractivity contribution in [3.05, 3.63) is 54.5 Å². The maximum Gasteiger partial charge on any atom is 0.243 e. The van der Waals surface area contributed by atoms with Gasteiger partial charge in [0.2, 0.25) is 10.0 Å². The summed E-state index contributed by atoms with van der Waals surface area (Å²) in [7, 11) is -1.91. The molecule has 5 heteroatoms. The zero-order valence-corrected chi connectivity index (χ0v) is 10.2. The summed E-state index contributed by atoms with van der Waals surface area (Å²) in [5, 5.41) is 0. The average Bonchev–Trinajstić information content (AvgIpc) is 2.83. The number of hydrogen-bond donors (Lipinski definition) is 0. The van der Waals surface area contributed by atoms with Crippen LogP contribution in [0, 0.1) is 0 Å². The van der Waals surface area contributed by atoms with E-state index in [1.165, 1.54) is 17.6 Å². The van der Waals surface area contributed by atoms with Crippen molar-refractivity contribution in [3.8, 4) is 0 Å². The molecule has 2 rings (SSSR count). The Hall–Kier alpha value is -1.59. The molecule has 0 aliphatic heterocycles. The third kappa shape index (κ3) is 2.57. The van der Waals surface area contributed by atoms with Crippen LogP contribution < -0.4 is 0 Å². The molecule has 0 N–H and O–H groups in total. The normalized spacial score (nSPS) is 11.9. The first-order chi connectivity index (χ1) is 8.10. The molecule has 0 aliphatic rings. The molecular weight excluding hydrogens is 238 g/mol. The van der Waals surface area contributed by atoms with E-state index in [4.69, 9.17) is 4.42 Å². The Bertz CT molecular complexity index is 561. The molecule has 0 fully saturated rings. The lowest BCUT2D eigenvalue weighted by Crippen LogP contribution is -2.26. The van der Waals surface area contributed by atoms with Crippen molar-refractivity contribution in [1.82, 2.24) is 4.31 Å². The summed E-state index contributed by atoms with van der Waals surface area (Å²) in [4.78, 5) is 0.286. The van der Waals surface area contributed by atoms with Crippen molar-refractivity contribution in [1.29, 1.82) is 0 Å². The van der Waals surface area contributed by atoms with Crippen LogP contribution in [-0.4, -0.2) is 19.8 Å². The van der Waals surface area contributed by atoms with E-state index in [1.807, 2.05) is 0 Å². The van der Waals surface area contributed by atoms with Gasteiger partial charge in [-0.05, 0) is 24.3 Å². The van der Waals surface area contributed by atoms with Gasteiger partial charge in [0.05, 0.1) is 17.7 Å². The molecule has 0 radical (unpaired) electrons. The van der Waals surface area contributed by atoms with E-state index in [2.05, 4.69) is 0 Å². The number of benzene rings is 1. The van der Waals surface area contributed by atoms with Crippen LogP contribution in [0.5, 0.6) is 0 Å². The summed E-state index contributed by atoms with van der Waals surface area (Å²) >= 11 is 0. The third-order valence-corrected chi connectivity index (χ3v) is 4.23. The lowest BCUT2D eigenvalue weighted by atomic mass is 10.4. The number of hydrogen-bond acceptors (Lipinski definition) is 3. The largest absolute Gasteiger partial charge is 0.468 e. The fourth-order valence-corrected chi connectivity index (χ4v) is 2.64. The topological polar surface area (TPSA) is 50.5 Å². The molecule has 17 heavy (non-hydrogen) atoms. The molecule has 0 bridgehead atoms. The van der Waals surface area contributed by atoms with Crippen LogP contribution in [0.3, 0.4) is 0 Å². The summed E-state index contributed by atoms with van der Waals surface area (Å²) in [5.74, 6) is 0.618. The first-order valence-electron chi connectivity index (χ1n) is 5.14. The van der Waals surface area contributed by atoms with Gasteiger partial charge in [-0.15, -0.1) is 0 Å². The maximum absolute atomic E-state index is 12.1. The van der Waals surface area contributed by atoms with Gasteiger partial charge in [-0.3, -0.25) is 0 Å². The van der Waals surface area contributed by atoms with Crippen LogP contribution in [0.15, 0.2) is 58.0 Å². The Morgan fingerprint density at radius 3 is 2.41 bits per heavy atom. The molecular formula is C12H13NO3S. The lowest BCUT2D eigenvalue weighted by molar-refractivity contribution is 0.406. The molecule has 90 valence electrons. The summed E-state index contributed by atoms with van der Waals surface area (Å²) in [6.45, 7) is 0.226. The highest BCUT2D eigenvalue weighted by molar-refractivity contribution is 7.89. The molecule has 0 saturated heterocycles. The van der Waals surface area contributed by atoms with Gasteiger partial charge in [0, 0.05) is 7.05 Å². The average molecular weight is 251 g/mol. The second kappa shape index (κ2) is 4.73. The van der Waals surface area contributed by atoms with Gasteiger partial charge in [0.1, 0.15) is 5.76 Å². The van der Waals surface area contributed by atoms with Crippen molar-refractivity contribution >= 4 is 10.0 Å². The van der Waals surface area contributed by atoms with E-state index in [9.17, 15) is 8.42 Å². The second-order valence-corrected chi connectivity index (χ2v) is 5.70. The van der Waals surface area contributed by atoms with Crippen LogP contribution in [0.2, 0.25) is 0 Å². The van der Waals surface area contributed by atoms with Gasteiger partial charge in [-0.1, -0.05) is 18.2 Å². The van der Waals surface area contributed by atoms with Gasteiger partial charge in [0.15, 0.2) is 0 Å². The Labute approximate surface area is 101 Å². The highest BCUT2D eigenvalue weighted by Crippen LogP contribution is 2.16. The van der Waals surface area contributed by atoms with E-state index in [0.717, 1.165) is 0 Å². The third-order valence-electron chi connectivity index (χ3n) is 2.41. The van der Waals surface area contributed by atoms with Crippen LogP contribution in [-0.2, 0) is 16.6 Å². The molecule has 0 atom stereocenters. The van der Waals surface area contributed by atoms with E-state index >= 15 is 0 Å². The van der Waals surface area contributed by atoms with Gasteiger partial charge in [-0.25, -0.2) is 8.42 Å². The summed E-state index contributed by atoms with van der Waals surface area (Å²) in [6, 6.07) is 11.8. The molecule has 2 aromatic rings. The molecule has 1 aromatic heterocycles. The quantitative estimate of drug-likeness (QED) is 0.836. The number of rotatable bonds is 4. The Balaban J connectivity index is 2.22. The second-order valence-electron chi connectivity index (χ2n) is 3.65. The smallest absolute Gasteiger partial charge is 0.243 e. The zero-order valence-electron chi connectivity index (χ0n) is 9.41. The van der Waals surface area contributed by atoms with Crippen LogP contribution in [0.25, 0.3) is 0 Å². The Kier molecular flexibility index (Phi) is 3.31. The van der Waals surface area contributed by atoms with E-state index < -0.39 is 10.0 Å². The van der Waals surface area contributed by atoms with Crippen molar-refractivity contribution < 1.29 is 12.8 Å². The van der Waals surface area contributed by atoms with Gasteiger partial charge < -0.3 is 4.42 Å². The van der Waals surface area contributed by atoms with Gasteiger partial charge in [-0.2, -0.15) is 4.31 Å². The fourth-order valence-electron chi connectivity index (χ4n) is 1.48. The van der Waals surface area contributed by atoms with Gasteiger partial charge in [0.25, 0.3) is 0 Å². The van der Waals surface area contributed by atoms with Crippen molar-refractivity contribution in [2.75, 3.05) is 7.05 Å². The first-order valence-corrected chi connectivity index (χ1v) is 6.58. The summed E-state index contributed by atoms with van der Waals surface area (Å²) in [6.07, 6.45) is 1.53. The van der Waals surface area contributed by atoms with Crippen LogP contribution in [0.4, 0.5) is 0 Å². The first kappa shape index (κ1) is 11.9. The summed E-state index contributed by atoms with van der Waals surface area (Å²) in [5.41, 5.74) is 0. The highest BCUT2D eigenvalue weighted by Gasteiger charge is 2.20. The predicted molar refractivity (Wildman–Crippen MR) is 63.8 cm³/mol. The maximum atomic E-state index is 12.1. The van der Waals surface area contributed by atoms with Crippen molar-refractivity contribution in [2.24, 2.45) is 0 Å². The molecule has 0 spiro atoms. The molecule has 0 aliphatic carbocycles. The van der Waals surface area contributed by atoms with Crippen molar-refractivity contribution in [3.63, 3.8) is 0 Å². The Morgan fingerprint density at radius 2 is 1.82 bits per heavy atom. The molecule has 0 amide bonds. The number of sulfonamides is 1. The molecule has 4 nitrogen and oxygen atoms in total. The van der Waals surface area contributed by atoms with Crippen LogP contribution in [0.1, 0.15) is 5.76 Å². The minimum atomic E-state index is -3.44. The van der Waals surface area contributed by atoms with Crippen molar-refractivity contribution in [2.45, 2.75) is 11.4 Å². The van der Waals surface area contributed by atoms with E-state index in [-0.39, 0.29) is 11.4 Å². The molecule has 0 saturated carbocycles. The van der Waals surface area contributed by atoms with E-state index in [0.29, 0.717) is 5.76 Å². The molecule has 1 aromatic carbocycles. The molecule has 1 heterocycles. The highest BCUT2D eigenvalue weighted by atomic mass is 32.2. The fraction of sp³-hybridized carbons (Fsp3) is 0.167. The SMILES string of the molecule is CN(Cc1ccco1)S(=O)(=O)c1ccccc1. The number of nitrogens with zero attached hydrogens (tertiary/aromatic N) is 1. The minimum absolute atomic E-state index is 0.226. The van der Waals surface area contributed by atoms with E-state index in [1.54, 1.807) is 42.5 Å². The van der Waals surface area contributed by atoms with Gasteiger partial charge >= 0.3 is 0 Å². The van der Waals surface area contributed by atoms with Crippen LogP contribution >= 0.6 is 0 Å². The summed E-state index contributed by atoms with van der Waals surface area (Å²) < 4.78 is 30.7. The Morgan fingerprint density at radius 1 is 1.12 bits per heavy atom. The predicted octanol–water partition coefficient (Wildman–Crippen LogP) is 2.10.